The Kier molecular flexibility index (Phi) is 4.61. The predicted molar refractivity (Wildman–Crippen MR) is 77.8 cm³/mol. The van der Waals surface area contributed by atoms with Gasteiger partial charge >= 0.3 is 0 Å². The van der Waals surface area contributed by atoms with Crippen LogP contribution in [0.5, 0.6) is 11.6 Å². The lowest BCUT2D eigenvalue weighted by Crippen LogP contribution is -2.26. The lowest BCUT2D eigenvalue weighted by molar-refractivity contribution is 0.0953. The summed E-state index contributed by atoms with van der Waals surface area (Å²) in [6, 6.07) is 9.90. The second-order valence-corrected chi connectivity index (χ2v) is 4.47. The highest BCUT2D eigenvalue weighted by molar-refractivity contribution is 5.94. The van der Waals surface area contributed by atoms with E-state index in [4.69, 9.17) is 4.74 Å². The zero-order valence-corrected chi connectivity index (χ0v) is 11.6. The van der Waals surface area contributed by atoms with Crippen molar-refractivity contribution in [3.05, 3.63) is 57.9 Å². The average molecular weight is 288 g/mol. The van der Waals surface area contributed by atoms with Crippen LogP contribution in [0.25, 0.3) is 0 Å². The molecule has 2 aromatic rings. The van der Waals surface area contributed by atoms with E-state index in [0.29, 0.717) is 13.0 Å². The van der Waals surface area contributed by atoms with Crippen LogP contribution < -0.4 is 15.6 Å². The molecule has 21 heavy (non-hydrogen) atoms. The Balaban J connectivity index is 1.90. The molecule has 0 fully saturated rings. The van der Waals surface area contributed by atoms with Crippen LogP contribution in [-0.4, -0.2) is 29.7 Å². The van der Waals surface area contributed by atoms with E-state index in [1.807, 2.05) is 24.3 Å². The maximum Gasteiger partial charge on any atom is 0.251 e. The van der Waals surface area contributed by atoms with Gasteiger partial charge in [-0.3, -0.25) is 14.6 Å². The number of amides is 1. The van der Waals surface area contributed by atoms with Crippen LogP contribution in [0.15, 0.2) is 41.2 Å². The zero-order valence-electron chi connectivity index (χ0n) is 11.6. The summed E-state index contributed by atoms with van der Waals surface area (Å²) < 4.78 is 5.07. The van der Waals surface area contributed by atoms with Crippen LogP contribution in [-0.2, 0) is 6.42 Å². The lowest BCUT2D eigenvalue weighted by atomic mass is 10.1. The SMILES string of the molecule is COc1ccc(CCNC(=O)c2cc(O)[nH]c(=O)c2)cc1. The van der Waals surface area contributed by atoms with Crippen LogP contribution in [0.2, 0.25) is 0 Å². The molecule has 0 radical (unpaired) electrons. The van der Waals surface area contributed by atoms with Gasteiger partial charge in [-0.2, -0.15) is 0 Å². The number of carbonyl (C=O) groups excluding carboxylic acids is 1. The van der Waals surface area contributed by atoms with Crippen molar-refractivity contribution in [2.45, 2.75) is 6.42 Å². The number of aromatic nitrogens is 1. The second kappa shape index (κ2) is 6.60. The summed E-state index contributed by atoms with van der Waals surface area (Å²) in [4.78, 5) is 25.2. The third kappa shape index (κ3) is 4.10. The number of aromatic amines is 1. The van der Waals surface area contributed by atoms with Crippen LogP contribution in [0.1, 0.15) is 15.9 Å². The molecule has 0 spiro atoms. The molecule has 2 rings (SSSR count). The fourth-order valence-corrected chi connectivity index (χ4v) is 1.87. The Morgan fingerprint density at radius 1 is 1.29 bits per heavy atom. The van der Waals surface area contributed by atoms with Crippen LogP contribution in [0.3, 0.4) is 0 Å². The highest BCUT2D eigenvalue weighted by Gasteiger charge is 2.07. The van der Waals surface area contributed by atoms with Crippen molar-refractivity contribution in [3.8, 4) is 11.6 Å². The minimum absolute atomic E-state index is 0.131. The van der Waals surface area contributed by atoms with E-state index in [9.17, 15) is 14.7 Å². The number of carbonyl (C=O) groups is 1. The molecule has 0 aliphatic carbocycles. The molecule has 0 atom stereocenters. The van der Waals surface area contributed by atoms with Crippen LogP contribution in [0, 0.1) is 0 Å². The third-order valence-corrected chi connectivity index (χ3v) is 2.95. The van der Waals surface area contributed by atoms with Gasteiger partial charge in [0.2, 0.25) is 0 Å². The molecule has 0 aliphatic heterocycles. The maximum atomic E-state index is 11.8. The fraction of sp³-hybridized carbons (Fsp3) is 0.200. The summed E-state index contributed by atoms with van der Waals surface area (Å²) in [7, 11) is 1.60. The number of nitrogens with one attached hydrogen (secondary N) is 2. The molecule has 1 amide bonds. The Morgan fingerprint density at radius 3 is 2.62 bits per heavy atom. The monoisotopic (exact) mass is 288 g/mol. The second-order valence-electron chi connectivity index (χ2n) is 4.47. The molecule has 1 heterocycles. The van der Waals surface area contributed by atoms with E-state index in [2.05, 4.69) is 10.3 Å². The Morgan fingerprint density at radius 2 is 2.00 bits per heavy atom. The maximum absolute atomic E-state index is 11.8. The van der Waals surface area contributed by atoms with E-state index in [0.717, 1.165) is 17.4 Å². The number of pyridine rings is 1. The van der Waals surface area contributed by atoms with Gasteiger partial charge in [-0.25, -0.2) is 0 Å². The third-order valence-electron chi connectivity index (χ3n) is 2.95. The van der Waals surface area contributed by atoms with Crippen molar-refractivity contribution in [2.24, 2.45) is 0 Å². The summed E-state index contributed by atoms with van der Waals surface area (Å²) in [5.74, 6) is 0.0505. The van der Waals surface area contributed by atoms with Crippen LogP contribution >= 0.6 is 0 Å². The summed E-state index contributed by atoms with van der Waals surface area (Å²) in [5, 5.41) is 11.9. The number of hydrogen-bond donors (Lipinski definition) is 3. The highest BCUT2D eigenvalue weighted by Crippen LogP contribution is 2.11. The van der Waals surface area contributed by atoms with E-state index in [1.54, 1.807) is 7.11 Å². The van der Waals surface area contributed by atoms with Gasteiger partial charge in [0.25, 0.3) is 11.5 Å². The minimum atomic E-state index is -0.518. The smallest absolute Gasteiger partial charge is 0.251 e. The molecular formula is C15H16N2O4. The van der Waals surface area contributed by atoms with Gasteiger partial charge < -0.3 is 15.2 Å². The number of aromatic hydroxyl groups is 1. The van der Waals surface area contributed by atoms with Crippen molar-refractivity contribution >= 4 is 5.91 Å². The first-order chi connectivity index (χ1) is 10.1. The van der Waals surface area contributed by atoms with Crippen molar-refractivity contribution in [3.63, 3.8) is 0 Å². The molecule has 110 valence electrons. The van der Waals surface area contributed by atoms with Gasteiger partial charge in [0.05, 0.1) is 12.7 Å². The molecule has 0 bridgehead atoms. The molecule has 0 unspecified atom stereocenters. The van der Waals surface area contributed by atoms with Crippen LogP contribution in [0.4, 0.5) is 0 Å². The number of benzene rings is 1. The van der Waals surface area contributed by atoms with Gasteiger partial charge in [-0.1, -0.05) is 12.1 Å². The van der Waals surface area contributed by atoms with Gasteiger partial charge in [0.15, 0.2) is 5.88 Å². The zero-order chi connectivity index (χ0) is 15.2. The summed E-state index contributed by atoms with van der Waals surface area (Å²) >= 11 is 0. The minimum Gasteiger partial charge on any atom is -0.497 e. The van der Waals surface area contributed by atoms with Gasteiger partial charge in [0.1, 0.15) is 5.75 Å². The average Bonchev–Trinajstić information content (AvgIpc) is 2.47. The summed E-state index contributed by atoms with van der Waals surface area (Å²) in [6.45, 7) is 0.429. The van der Waals surface area contributed by atoms with E-state index in [-0.39, 0.29) is 11.4 Å². The first kappa shape index (κ1) is 14.6. The molecule has 3 N–H and O–H groups in total. The number of rotatable bonds is 5. The molecule has 6 nitrogen and oxygen atoms in total. The van der Waals surface area contributed by atoms with Gasteiger partial charge in [-0.05, 0) is 24.1 Å². The largest absolute Gasteiger partial charge is 0.497 e. The van der Waals surface area contributed by atoms with Crippen molar-refractivity contribution in [2.75, 3.05) is 13.7 Å². The number of H-pyrrole nitrogens is 1. The number of methoxy groups -OCH3 is 1. The molecule has 0 aliphatic rings. The summed E-state index contributed by atoms with van der Waals surface area (Å²) in [6.07, 6.45) is 0.658. The van der Waals surface area contributed by atoms with E-state index in [1.165, 1.54) is 6.07 Å². The number of hydrogen-bond acceptors (Lipinski definition) is 4. The molecule has 6 heteroatoms. The van der Waals surface area contributed by atoms with E-state index >= 15 is 0 Å². The normalized spacial score (nSPS) is 10.1. The van der Waals surface area contributed by atoms with Gasteiger partial charge in [-0.15, -0.1) is 0 Å². The highest BCUT2D eigenvalue weighted by atomic mass is 16.5. The molecule has 1 aromatic carbocycles. The fourth-order valence-electron chi connectivity index (χ4n) is 1.87. The van der Waals surface area contributed by atoms with Crippen molar-refractivity contribution in [1.29, 1.82) is 0 Å². The lowest BCUT2D eigenvalue weighted by Gasteiger charge is -2.06. The Hall–Kier alpha value is -2.76. The predicted octanol–water partition coefficient (Wildman–Crippen LogP) is 1.06. The molecule has 0 saturated carbocycles. The Bertz CT molecular complexity index is 677. The molecular weight excluding hydrogens is 272 g/mol. The number of ether oxygens (including phenoxy) is 1. The topological polar surface area (TPSA) is 91.4 Å². The van der Waals surface area contributed by atoms with Crippen molar-refractivity contribution < 1.29 is 14.6 Å². The standard InChI is InChI=1S/C15H16N2O4/c1-21-12-4-2-10(3-5-12)6-7-16-15(20)11-8-13(18)17-14(19)9-11/h2-5,8-9H,6-7H2,1H3,(H,16,20)(H2,17,18,19). The first-order valence-electron chi connectivity index (χ1n) is 6.43. The van der Waals surface area contributed by atoms with E-state index < -0.39 is 11.5 Å². The molecule has 1 aromatic heterocycles. The quantitative estimate of drug-likeness (QED) is 0.767. The van der Waals surface area contributed by atoms with Crippen molar-refractivity contribution in [1.82, 2.24) is 10.3 Å². The summed E-state index contributed by atoms with van der Waals surface area (Å²) in [5.41, 5.74) is 0.672. The van der Waals surface area contributed by atoms with Gasteiger partial charge in [0, 0.05) is 18.7 Å². The first-order valence-corrected chi connectivity index (χ1v) is 6.43. The Labute approximate surface area is 121 Å². The molecule has 0 saturated heterocycles.